The van der Waals surface area contributed by atoms with Crippen molar-refractivity contribution in [2.45, 2.75) is 12.8 Å². The van der Waals surface area contributed by atoms with Gasteiger partial charge in [-0.2, -0.15) is 0 Å². The minimum Gasteiger partial charge on any atom is -0.385 e. The molecule has 19 heavy (non-hydrogen) atoms. The zero-order valence-electron chi connectivity index (χ0n) is 11.3. The Morgan fingerprint density at radius 2 is 2.05 bits per heavy atom. The van der Waals surface area contributed by atoms with Crippen LogP contribution in [0.5, 0.6) is 0 Å². The third-order valence-electron chi connectivity index (χ3n) is 3.10. The highest BCUT2D eigenvalue weighted by Gasteiger charge is 2.11. The second-order valence-corrected chi connectivity index (χ2v) is 4.57. The molecule has 0 aromatic heterocycles. The van der Waals surface area contributed by atoms with E-state index >= 15 is 0 Å². The second kappa shape index (κ2) is 6.99. The number of methoxy groups -OCH3 is 1. The van der Waals surface area contributed by atoms with Crippen LogP contribution in [-0.2, 0) is 4.74 Å². The Labute approximate surface area is 113 Å². The molecule has 0 bridgehead atoms. The number of hydrogen-bond acceptors (Lipinski definition) is 4. The molecule has 1 aromatic carbocycles. The van der Waals surface area contributed by atoms with Crippen LogP contribution in [0.1, 0.15) is 23.2 Å². The average Bonchev–Trinajstić information content (AvgIpc) is 2.46. The highest BCUT2D eigenvalue weighted by Crippen LogP contribution is 2.25. The molecule has 1 heterocycles. The van der Waals surface area contributed by atoms with Crippen molar-refractivity contribution in [1.82, 2.24) is 5.32 Å². The van der Waals surface area contributed by atoms with E-state index in [9.17, 15) is 4.79 Å². The predicted molar refractivity (Wildman–Crippen MR) is 76.9 cm³/mol. The van der Waals surface area contributed by atoms with Crippen LogP contribution in [0.3, 0.4) is 0 Å². The van der Waals surface area contributed by atoms with Crippen molar-refractivity contribution in [1.29, 1.82) is 0 Å². The quantitative estimate of drug-likeness (QED) is 0.683. The molecule has 0 fully saturated rings. The van der Waals surface area contributed by atoms with Gasteiger partial charge in [0.25, 0.3) is 5.91 Å². The molecule has 1 aromatic rings. The number of benzene rings is 1. The van der Waals surface area contributed by atoms with Gasteiger partial charge in [0.2, 0.25) is 0 Å². The molecule has 0 spiro atoms. The van der Waals surface area contributed by atoms with Gasteiger partial charge in [0.15, 0.2) is 0 Å². The Kier molecular flexibility index (Phi) is 5.03. The van der Waals surface area contributed by atoms with E-state index in [0.717, 1.165) is 43.9 Å². The van der Waals surface area contributed by atoms with Gasteiger partial charge >= 0.3 is 0 Å². The molecule has 1 aliphatic rings. The maximum atomic E-state index is 12.0. The molecule has 1 aliphatic heterocycles. The summed E-state index contributed by atoms with van der Waals surface area (Å²) in [6.45, 7) is 3.22. The van der Waals surface area contributed by atoms with Gasteiger partial charge in [-0.15, -0.1) is 0 Å². The van der Waals surface area contributed by atoms with Crippen molar-refractivity contribution in [2.24, 2.45) is 0 Å². The summed E-state index contributed by atoms with van der Waals surface area (Å²) in [4.78, 5) is 12.0. The van der Waals surface area contributed by atoms with Gasteiger partial charge in [0.05, 0.1) is 11.4 Å². The number of nitrogens with one attached hydrogen (secondary N) is 3. The molecule has 0 saturated heterocycles. The fourth-order valence-electron chi connectivity index (χ4n) is 2.06. The van der Waals surface area contributed by atoms with Gasteiger partial charge in [-0.1, -0.05) is 0 Å². The first-order chi connectivity index (χ1) is 9.31. The third-order valence-corrected chi connectivity index (χ3v) is 3.10. The Morgan fingerprint density at radius 3 is 2.84 bits per heavy atom. The van der Waals surface area contributed by atoms with Crippen LogP contribution in [0.4, 0.5) is 11.4 Å². The van der Waals surface area contributed by atoms with E-state index in [4.69, 9.17) is 4.74 Å². The first-order valence-electron chi connectivity index (χ1n) is 6.70. The Bertz CT molecular complexity index is 435. The highest BCUT2D eigenvalue weighted by molar-refractivity contribution is 5.96. The zero-order chi connectivity index (χ0) is 13.5. The molecule has 0 radical (unpaired) electrons. The Balaban J connectivity index is 1.85. The summed E-state index contributed by atoms with van der Waals surface area (Å²) in [7, 11) is 1.69. The smallest absolute Gasteiger partial charge is 0.251 e. The van der Waals surface area contributed by atoms with Gasteiger partial charge in [-0.25, -0.2) is 0 Å². The lowest BCUT2D eigenvalue weighted by atomic mass is 10.1. The lowest BCUT2D eigenvalue weighted by molar-refractivity contribution is 0.0951. The number of anilines is 2. The monoisotopic (exact) mass is 263 g/mol. The van der Waals surface area contributed by atoms with Crippen molar-refractivity contribution in [3.63, 3.8) is 0 Å². The van der Waals surface area contributed by atoms with Crippen LogP contribution in [0.2, 0.25) is 0 Å². The summed E-state index contributed by atoms with van der Waals surface area (Å²) < 4.78 is 4.97. The molecule has 0 atom stereocenters. The maximum Gasteiger partial charge on any atom is 0.251 e. The summed E-state index contributed by atoms with van der Waals surface area (Å²) in [6.07, 6.45) is 1.90. The summed E-state index contributed by atoms with van der Waals surface area (Å²) >= 11 is 0. The maximum absolute atomic E-state index is 12.0. The molecule has 0 unspecified atom stereocenters. The Morgan fingerprint density at radius 1 is 1.26 bits per heavy atom. The van der Waals surface area contributed by atoms with Crippen molar-refractivity contribution in [3.8, 4) is 0 Å². The van der Waals surface area contributed by atoms with Crippen molar-refractivity contribution in [3.05, 3.63) is 23.8 Å². The summed E-state index contributed by atoms with van der Waals surface area (Å²) in [5.41, 5.74) is 2.75. The second-order valence-electron chi connectivity index (χ2n) is 4.57. The standard InChI is InChI=1S/C14H21N3O2/c1-19-9-3-2-6-17-14(18)11-4-5-12-13(10-11)16-8-7-15-12/h4-5,10,15-16H,2-3,6-9H2,1H3,(H,17,18). The van der Waals surface area contributed by atoms with E-state index in [0.29, 0.717) is 12.1 Å². The van der Waals surface area contributed by atoms with Gasteiger partial charge in [-0.3, -0.25) is 4.79 Å². The van der Waals surface area contributed by atoms with Gasteiger partial charge in [-0.05, 0) is 31.0 Å². The topological polar surface area (TPSA) is 62.4 Å². The molecule has 5 heteroatoms. The van der Waals surface area contributed by atoms with E-state index in [1.54, 1.807) is 7.11 Å². The van der Waals surface area contributed by atoms with Crippen molar-refractivity contribution in [2.75, 3.05) is 44.0 Å². The van der Waals surface area contributed by atoms with Crippen molar-refractivity contribution < 1.29 is 9.53 Å². The number of ether oxygens (including phenoxy) is 1. The SMILES string of the molecule is COCCCCNC(=O)c1ccc2c(c1)NCCN2. The summed E-state index contributed by atoms with van der Waals surface area (Å²) in [5, 5.41) is 9.49. The molecular weight excluding hydrogens is 242 g/mol. The van der Waals surface area contributed by atoms with E-state index < -0.39 is 0 Å². The van der Waals surface area contributed by atoms with Gasteiger partial charge < -0.3 is 20.7 Å². The van der Waals surface area contributed by atoms with Crippen LogP contribution in [0.25, 0.3) is 0 Å². The number of carbonyl (C=O) groups excluding carboxylic acids is 1. The van der Waals surface area contributed by atoms with E-state index in [-0.39, 0.29) is 5.91 Å². The zero-order valence-corrected chi connectivity index (χ0v) is 11.3. The van der Waals surface area contributed by atoms with Crippen LogP contribution in [0, 0.1) is 0 Å². The van der Waals surface area contributed by atoms with Gasteiger partial charge in [0.1, 0.15) is 0 Å². The molecular formula is C14H21N3O2. The molecule has 0 aliphatic carbocycles. The fourth-order valence-corrected chi connectivity index (χ4v) is 2.06. The van der Waals surface area contributed by atoms with Crippen molar-refractivity contribution >= 4 is 17.3 Å². The third kappa shape index (κ3) is 3.86. The number of fused-ring (bicyclic) bond motifs is 1. The first-order valence-corrected chi connectivity index (χ1v) is 6.70. The molecule has 1 amide bonds. The molecule has 2 rings (SSSR count). The van der Waals surface area contributed by atoms with E-state index in [1.165, 1.54) is 0 Å². The van der Waals surface area contributed by atoms with Crippen LogP contribution >= 0.6 is 0 Å². The summed E-state index contributed by atoms with van der Waals surface area (Å²) in [5.74, 6) is -0.0207. The number of hydrogen-bond donors (Lipinski definition) is 3. The van der Waals surface area contributed by atoms with Gasteiger partial charge in [0, 0.05) is 38.9 Å². The predicted octanol–water partition coefficient (Wildman–Crippen LogP) is 1.68. The summed E-state index contributed by atoms with van der Waals surface area (Å²) in [6, 6.07) is 5.69. The first kappa shape index (κ1) is 13.7. The average molecular weight is 263 g/mol. The molecule has 0 saturated carbocycles. The minimum absolute atomic E-state index is 0.0207. The molecule has 3 N–H and O–H groups in total. The van der Waals surface area contributed by atoms with Crippen LogP contribution in [0.15, 0.2) is 18.2 Å². The lowest BCUT2D eigenvalue weighted by Gasteiger charge is -2.20. The fraction of sp³-hybridized carbons (Fsp3) is 0.500. The Hall–Kier alpha value is -1.75. The highest BCUT2D eigenvalue weighted by atomic mass is 16.5. The van der Waals surface area contributed by atoms with Crippen LogP contribution in [-0.4, -0.2) is 39.3 Å². The normalized spacial score (nSPS) is 13.1. The largest absolute Gasteiger partial charge is 0.385 e. The number of carbonyl (C=O) groups is 1. The number of amides is 1. The van der Waals surface area contributed by atoms with E-state index in [2.05, 4.69) is 16.0 Å². The molecule has 104 valence electrons. The number of rotatable bonds is 6. The lowest BCUT2D eigenvalue weighted by Crippen LogP contribution is -2.25. The molecule has 5 nitrogen and oxygen atoms in total. The minimum atomic E-state index is -0.0207. The van der Waals surface area contributed by atoms with Crippen LogP contribution < -0.4 is 16.0 Å². The number of unbranched alkanes of at least 4 members (excludes halogenated alkanes) is 1. The van der Waals surface area contributed by atoms with E-state index in [1.807, 2.05) is 18.2 Å².